The predicted octanol–water partition coefficient (Wildman–Crippen LogP) is 3.27. The lowest BCUT2D eigenvalue weighted by Crippen LogP contribution is -2.15. The van der Waals surface area contributed by atoms with E-state index in [1.165, 1.54) is 0 Å². The number of carbonyl (C=O) groups is 1. The molecule has 1 unspecified atom stereocenters. The van der Waals surface area contributed by atoms with Gasteiger partial charge in [-0.1, -0.05) is 36.9 Å². The minimum atomic E-state index is -0.519. The highest BCUT2D eigenvalue weighted by atomic mass is 16.5. The lowest BCUT2D eigenvalue weighted by molar-refractivity contribution is -0.139. The van der Waals surface area contributed by atoms with Crippen LogP contribution in [-0.2, 0) is 16.0 Å². The van der Waals surface area contributed by atoms with Crippen LogP contribution in [-0.4, -0.2) is 12.6 Å². The first-order valence-electron chi connectivity index (χ1n) is 6.88. The number of benzene rings is 1. The molecule has 21 heavy (non-hydrogen) atoms. The smallest absolute Gasteiger partial charge is 0.334 e. The SMILES string of the molecule is C=C(C(=O)OCCC#CC)C(C#N)CCc1ccccc1. The lowest BCUT2D eigenvalue weighted by Gasteiger charge is -2.11. The Morgan fingerprint density at radius 2 is 2.10 bits per heavy atom. The van der Waals surface area contributed by atoms with Crippen molar-refractivity contribution in [3.05, 3.63) is 48.0 Å². The highest BCUT2D eigenvalue weighted by molar-refractivity contribution is 5.88. The average Bonchev–Trinajstić information content (AvgIpc) is 2.52. The Morgan fingerprint density at radius 1 is 1.38 bits per heavy atom. The van der Waals surface area contributed by atoms with Crippen molar-refractivity contribution in [2.45, 2.75) is 26.2 Å². The second-order valence-electron chi connectivity index (χ2n) is 4.54. The maximum absolute atomic E-state index is 11.8. The minimum absolute atomic E-state index is 0.220. The fourth-order valence-electron chi connectivity index (χ4n) is 1.83. The molecule has 0 N–H and O–H groups in total. The topological polar surface area (TPSA) is 50.1 Å². The van der Waals surface area contributed by atoms with Crippen LogP contribution in [0.2, 0.25) is 0 Å². The van der Waals surface area contributed by atoms with E-state index in [2.05, 4.69) is 24.5 Å². The molecule has 3 nitrogen and oxygen atoms in total. The molecule has 0 radical (unpaired) electrons. The summed E-state index contributed by atoms with van der Waals surface area (Å²) < 4.78 is 5.05. The normalized spacial score (nSPS) is 10.7. The van der Waals surface area contributed by atoms with Gasteiger partial charge in [-0.3, -0.25) is 0 Å². The van der Waals surface area contributed by atoms with Gasteiger partial charge in [-0.15, -0.1) is 11.8 Å². The van der Waals surface area contributed by atoms with E-state index < -0.39 is 11.9 Å². The van der Waals surface area contributed by atoms with Gasteiger partial charge in [0.2, 0.25) is 0 Å². The fourth-order valence-corrected chi connectivity index (χ4v) is 1.83. The maximum Gasteiger partial charge on any atom is 0.334 e. The Hall–Kier alpha value is -2.52. The zero-order valence-corrected chi connectivity index (χ0v) is 12.3. The Morgan fingerprint density at radius 3 is 2.71 bits per heavy atom. The summed E-state index contributed by atoms with van der Waals surface area (Å²) in [6.45, 7) is 5.67. The number of hydrogen-bond acceptors (Lipinski definition) is 3. The van der Waals surface area contributed by atoms with E-state index in [4.69, 9.17) is 4.74 Å². The van der Waals surface area contributed by atoms with Crippen molar-refractivity contribution in [1.82, 2.24) is 0 Å². The second kappa shape index (κ2) is 9.39. The highest BCUT2D eigenvalue weighted by Crippen LogP contribution is 2.17. The van der Waals surface area contributed by atoms with Crippen molar-refractivity contribution in [2.75, 3.05) is 6.61 Å². The van der Waals surface area contributed by atoms with Crippen molar-refractivity contribution in [2.24, 2.45) is 5.92 Å². The van der Waals surface area contributed by atoms with Gasteiger partial charge in [0, 0.05) is 12.0 Å². The van der Waals surface area contributed by atoms with E-state index in [0.29, 0.717) is 12.8 Å². The molecule has 0 aromatic heterocycles. The summed E-state index contributed by atoms with van der Waals surface area (Å²) in [6.07, 6.45) is 1.78. The molecule has 0 aliphatic carbocycles. The molecule has 0 saturated heterocycles. The van der Waals surface area contributed by atoms with Crippen molar-refractivity contribution in [1.29, 1.82) is 5.26 Å². The van der Waals surface area contributed by atoms with Crippen LogP contribution in [0, 0.1) is 29.1 Å². The summed E-state index contributed by atoms with van der Waals surface area (Å²) in [5.41, 5.74) is 1.36. The quantitative estimate of drug-likeness (QED) is 0.333. The Labute approximate surface area is 126 Å². The minimum Gasteiger partial charge on any atom is -0.461 e. The van der Waals surface area contributed by atoms with Crippen LogP contribution in [0.1, 0.15) is 25.3 Å². The molecule has 1 rings (SSSR count). The number of ether oxygens (including phenoxy) is 1. The molecule has 108 valence electrons. The van der Waals surface area contributed by atoms with Gasteiger partial charge in [0.1, 0.15) is 6.61 Å². The molecule has 0 spiro atoms. The highest BCUT2D eigenvalue weighted by Gasteiger charge is 2.19. The van der Waals surface area contributed by atoms with Gasteiger partial charge in [-0.2, -0.15) is 5.26 Å². The maximum atomic E-state index is 11.8. The number of hydrogen-bond donors (Lipinski definition) is 0. The molecule has 0 aliphatic heterocycles. The summed E-state index contributed by atoms with van der Waals surface area (Å²) in [4.78, 5) is 11.8. The summed E-state index contributed by atoms with van der Waals surface area (Å²) in [7, 11) is 0. The number of nitriles is 1. The van der Waals surface area contributed by atoms with Crippen LogP contribution in [0.5, 0.6) is 0 Å². The van der Waals surface area contributed by atoms with Gasteiger partial charge in [0.25, 0.3) is 0 Å². The van der Waals surface area contributed by atoms with E-state index in [-0.39, 0.29) is 12.2 Å². The predicted molar refractivity (Wildman–Crippen MR) is 82.0 cm³/mol. The fraction of sp³-hybridized carbons (Fsp3) is 0.333. The monoisotopic (exact) mass is 281 g/mol. The number of carbonyl (C=O) groups excluding carboxylic acids is 1. The third-order valence-corrected chi connectivity index (χ3v) is 3.04. The molecule has 0 aliphatic rings. The number of esters is 1. The molecular weight excluding hydrogens is 262 g/mol. The summed E-state index contributed by atoms with van der Waals surface area (Å²) >= 11 is 0. The number of aryl methyl sites for hydroxylation is 1. The average molecular weight is 281 g/mol. The molecule has 0 bridgehead atoms. The molecule has 1 aromatic rings. The Bertz CT molecular complexity index is 573. The van der Waals surface area contributed by atoms with E-state index in [1.54, 1.807) is 6.92 Å². The van der Waals surface area contributed by atoms with Crippen molar-refractivity contribution >= 4 is 5.97 Å². The van der Waals surface area contributed by atoms with Crippen LogP contribution in [0.15, 0.2) is 42.5 Å². The van der Waals surface area contributed by atoms with Gasteiger partial charge in [0.15, 0.2) is 0 Å². The zero-order valence-electron chi connectivity index (χ0n) is 12.3. The number of nitrogens with zero attached hydrogens (tertiary/aromatic N) is 1. The standard InChI is InChI=1S/C18H19NO2/c1-3-4-8-13-21-18(20)15(2)17(14-19)12-11-16-9-6-5-7-10-16/h5-7,9-10,17H,2,8,11-13H2,1H3. The zero-order chi connectivity index (χ0) is 15.5. The molecule has 1 aromatic carbocycles. The Balaban J connectivity index is 2.47. The second-order valence-corrected chi connectivity index (χ2v) is 4.54. The summed E-state index contributed by atoms with van der Waals surface area (Å²) in [5.74, 6) is 4.51. The van der Waals surface area contributed by atoms with E-state index in [9.17, 15) is 10.1 Å². The van der Waals surface area contributed by atoms with Crippen molar-refractivity contribution in [3.63, 3.8) is 0 Å². The van der Waals surface area contributed by atoms with Crippen molar-refractivity contribution in [3.8, 4) is 17.9 Å². The van der Waals surface area contributed by atoms with E-state index in [0.717, 1.165) is 12.0 Å². The van der Waals surface area contributed by atoms with Crippen LogP contribution < -0.4 is 0 Å². The van der Waals surface area contributed by atoms with Gasteiger partial charge in [0.05, 0.1) is 12.0 Å². The van der Waals surface area contributed by atoms with Gasteiger partial charge in [-0.05, 0) is 25.3 Å². The Kier molecular flexibility index (Phi) is 7.40. The molecule has 1 atom stereocenters. The van der Waals surface area contributed by atoms with Crippen LogP contribution in [0.3, 0.4) is 0 Å². The lowest BCUT2D eigenvalue weighted by atomic mass is 9.94. The first-order valence-corrected chi connectivity index (χ1v) is 6.88. The summed E-state index contributed by atoms with van der Waals surface area (Å²) in [6, 6.07) is 12.0. The first kappa shape index (κ1) is 16.5. The first-order chi connectivity index (χ1) is 10.2. The molecule has 0 saturated carbocycles. The molecule has 0 heterocycles. The molecule has 3 heteroatoms. The third-order valence-electron chi connectivity index (χ3n) is 3.04. The van der Waals surface area contributed by atoms with Gasteiger partial charge >= 0.3 is 5.97 Å². The largest absolute Gasteiger partial charge is 0.461 e. The summed E-state index contributed by atoms with van der Waals surface area (Å²) in [5, 5.41) is 9.19. The third kappa shape index (κ3) is 5.97. The molecule has 0 amide bonds. The van der Waals surface area contributed by atoms with Crippen LogP contribution in [0.4, 0.5) is 0 Å². The van der Waals surface area contributed by atoms with E-state index in [1.807, 2.05) is 30.3 Å². The van der Waals surface area contributed by atoms with Crippen LogP contribution in [0.25, 0.3) is 0 Å². The van der Waals surface area contributed by atoms with Crippen molar-refractivity contribution < 1.29 is 9.53 Å². The molecule has 0 fully saturated rings. The number of rotatable bonds is 7. The van der Waals surface area contributed by atoms with Gasteiger partial charge in [-0.25, -0.2) is 4.79 Å². The van der Waals surface area contributed by atoms with Crippen LogP contribution >= 0.6 is 0 Å². The molecular formula is C18H19NO2. The van der Waals surface area contributed by atoms with E-state index >= 15 is 0 Å². The van der Waals surface area contributed by atoms with Gasteiger partial charge < -0.3 is 4.74 Å².